The molecule has 0 aliphatic heterocycles. The Morgan fingerprint density at radius 1 is 0.833 bits per heavy atom. The Labute approximate surface area is 262 Å². The number of hydrogen-bond acceptors (Lipinski definition) is 3. The molecule has 244 valence electrons. The number of carbonyl (C=O) groups is 1. The van der Waals surface area contributed by atoms with Gasteiger partial charge in [-0.3, -0.25) is 4.79 Å². The average molecular weight is 621 g/mol. The number of aliphatic carboxylic acids is 1. The molecule has 0 amide bonds. The van der Waals surface area contributed by atoms with Crippen molar-refractivity contribution in [3.05, 3.63) is 0 Å². The van der Waals surface area contributed by atoms with E-state index < -0.39 is 22.6 Å². The number of carboxylic acids is 1. The van der Waals surface area contributed by atoms with Crippen LogP contribution >= 0.6 is 0 Å². The van der Waals surface area contributed by atoms with E-state index >= 15 is 0 Å². The third-order valence-electron chi connectivity index (χ3n) is 14.7. The predicted octanol–water partition coefficient (Wildman–Crippen LogP) is 10.5. The normalized spacial score (nSPS) is 40.2. The first kappa shape index (κ1) is 34.7. The number of carboxylic acid groups (broad SMARTS) is 1. The van der Waals surface area contributed by atoms with Gasteiger partial charge in [-0.2, -0.15) is 0 Å². The number of rotatable bonds is 8. The molecule has 0 bridgehead atoms. The molecule has 0 saturated heterocycles. The fraction of sp³-hybridized carbons (Fsp3) is 0.972. The third kappa shape index (κ3) is 6.27. The molecular weight excluding hydrogens is 553 g/mol. The van der Waals surface area contributed by atoms with Gasteiger partial charge in [0.2, 0.25) is 0 Å². The van der Waals surface area contributed by atoms with Crippen molar-refractivity contribution in [3.63, 3.8) is 0 Å². The Morgan fingerprint density at radius 3 is 1.95 bits per heavy atom. The fourth-order valence-electron chi connectivity index (χ4n) is 10.1. The van der Waals surface area contributed by atoms with Crippen LogP contribution in [0.25, 0.3) is 0 Å². The molecule has 0 radical (unpaired) electrons. The lowest BCUT2D eigenvalue weighted by Crippen LogP contribution is -2.61. The van der Waals surface area contributed by atoms with E-state index in [9.17, 15) is 9.90 Å². The molecule has 6 heteroatoms. The second-order valence-electron chi connectivity index (χ2n) is 19.1. The highest BCUT2D eigenvalue weighted by Crippen LogP contribution is 2.69. The van der Waals surface area contributed by atoms with Crippen molar-refractivity contribution in [2.24, 2.45) is 46.3 Å². The maximum atomic E-state index is 11.4. The second kappa shape index (κ2) is 11.6. The summed E-state index contributed by atoms with van der Waals surface area (Å²) in [7, 11) is -3.76. The van der Waals surface area contributed by atoms with Crippen LogP contribution in [-0.4, -0.2) is 39.9 Å². The van der Waals surface area contributed by atoms with Crippen molar-refractivity contribution >= 4 is 22.6 Å². The van der Waals surface area contributed by atoms with Gasteiger partial charge in [0.05, 0.1) is 0 Å². The van der Waals surface area contributed by atoms with Crippen LogP contribution in [0.15, 0.2) is 0 Å². The van der Waals surface area contributed by atoms with Crippen molar-refractivity contribution in [2.75, 3.05) is 0 Å². The van der Waals surface area contributed by atoms with Gasteiger partial charge in [0.25, 0.3) is 0 Å². The Bertz CT molecular complexity index is 980. The van der Waals surface area contributed by atoms with Gasteiger partial charge in [0.1, 0.15) is 0 Å². The van der Waals surface area contributed by atoms with Crippen molar-refractivity contribution in [1.82, 2.24) is 0 Å². The molecule has 0 aromatic carbocycles. The van der Waals surface area contributed by atoms with Crippen LogP contribution in [0, 0.1) is 46.3 Å². The fourth-order valence-corrected chi connectivity index (χ4v) is 12.8. The van der Waals surface area contributed by atoms with Crippen LogP contribution in [0.2, 0.25) is 36.3 Å². The Hall–Kier alpha value is -0.176. The quantitative estimate of drug-likeness (QED) is 0.274. The molecule has 4 nitrogen and oxygen atoms in total. The van der Waals surface area contributed by atoms with Gasteiger partial charge < -0.3 is 14.0 Å². The monoisotopic (exact) mass is 620 g/mol. The summed E-state index contributed by atoms with van der Waals surface area (Å²) in [5.74, 6) is 3.19. The molecule has 0 heterocycles. The van der Waals surface area contributed by atoms with E-state index in [0.29, 0.717) is 59.0 Å². The van der Waals surface area contributed by atoms with Gasteiger partial charge in [-0.25, -0.2) is 0 Å². The molecule has 0 unspecified atom stereocenters. The van der Waals surface area contributed by atoms with Gasteiger partial charge in [0, 0.05) is 18.6 Å². The van der Waals surface area contributed by atoms with E-state index in [1.54, 1.807) is 0 Å². The van der Waals surface area contributed by atoms with E-state index in [1.165, 1.54) is 51.4 Å². The lowest BCUT2D eigenvalue weighted by Gasteiger charge is -2.64. The maximum absolute atomic E-state index is 11.4. The Balaban J connectivity index is 1.65. The average Bonchev–Trinajstić information content (AvgIpc) is 3.18. The first-order valence-electron chi connectivity index (χ1n) is 17.6. The van der Waals surface area contributed by atoms with Crippen LogP contribution in [0.4, 0.5) is 0 Å². The predicted molar refractivity (Wildman–Crippen MR) is 181 cm³/mol. The minimum absolute atomic E-state index is 0.200. The third-order valence-corrected chi connectivity index (χ3v) is 23.7. The summed E-state index contributed by atoms with van der Waals surface area (Å²) in [5.41, 5.74) is 0.680. The van der Waals surface area contributed by atoms with Crippen LogP contribution in [-0.2, 0) is 13.6 Å². The molecule has 10 atom stereocenters. The smallest absolute Gasteiger partial charge is 0.303 e. The van der Waals surface area contributed by atoms with Crippen molar-refractivity contribution in [1.29, 1.82) is 0 Å². The van der Waals surface area contributed by atoms with Crippen molar-refractivity contribution in [2.45, 2.75) is 175 Å². The minimum Gasteiger partial charge on any atom is -0.481 e. The van der Waals surface area contributed by atoms with Crippen molar-refractivity contribution < 1.29 is 18.8 Å². The van der Waals surface area contributed by atoms with Crippen molar-refractivity contribution in [3.8, 4) is 0 Å². The van der Waals surface area contributed by atoms with Crippen LogP contribution < -0.4 is 0 Å². The zero-order valence-corrected chi connectivity index (χ0v) is 31.9. The van der Waals surface area contributed by atoms with E-state index in [-0.39, 0.29) is 10.1 Å². The van der Waals surface area contributed by atoms with E-state index in [0.717, 1.165) is 12.3 Å². The molecule has 4 aliphatic carbocycles. The molecule has 0 spiro atoms. The highest BCUT2D eigenvalue weighted by molar-refractivity contribution is 6.74. The second-order valence-corrected chi connectivity index (χ2v) is 28.6. The van der Waals surface area contributed by atoms with E-state index in [2.05, 4.69) is 88.5 Å². The Kier molecular flexibility index (Phi) is 9.55. The summed E-state index contributed by atoms with van der Waals surface area (Å²) in [6.07, 6.45) is 12.0. The highest BCUT2D eigenvalue weighted by atomic mass is 28.4. The Morgan fingerprint density at radius 2 is 1.38 bits per heavy atom. The standard InChI is InChI=1S/C36H68O4Si2/c1-24(14-17-31(37)38)27-15-16-28-32-29(19-21-36(27,28)9)35(8)20-18-26(39-41(10,11)33(2,3)4)22-25(35)23-30(32)40-42(12,13)34(5,6)7/h24-30,32H,14-23H2,1-13H3,(H,37,38)/t24-,25-,26+,27+,28-,29-,30-,32-,35-,36+/m0/s1. The lowest BCUT2D eigenvalue weighted by molar-refractivity contribution is -0.169. The zero-order chi connectivity index (χ0) is 31.7. The first-order chi connectivity index (χ1) is 19.0. The number of fused-ring (bicyclic) bond motifs is 5. The van der Waals surface area contributed by atoms with Crippen LogP contribution in [0.3, 0.4) is 0 Å². The zero-order valence-electron chi connectivity index (χ0n) is 29.9. The summed E-state index contributed by atoms with van der Waals surface area (Å²) in [6, 6.07) is 0. The summed E-state index contributed by atoms with van der Waals surface area (Å²) in [6.45, 7) is 31.7. The molecular formula is C36H68O4Si2. The van der Waals surface area contributed by atoms with Gasteiger partial charge in [-0.1, -0.05) is 62.3 Å². The minimum atomic E-state index is -1.95. The topological polar surface area (TPSA) is 55.8 Å². The maximum Gasteiger partial charge on any atom is 0.303 e. The molecule has 0 aromatic rings. The summed E-state index contributed by atoms with van der Waals surface area (Å²) >= 11 is 0. The summed E-state index contributed by atoms with van der Waals surface area (Å²) in [4.78, 5) is 11.4. The molecule has 1 N–H and O–H groups in total. The van der Waals surface area contributed by atoms with E-state index in [1.807, 2.05) is 0 Å². The van der Waals surface area contributed by atoms with Crippen LogP contribution in [0.1, 0.15) is 127 Å². The van der Waals surface area contributed by atoms with Gasteiger partial charge >= 0.3 is 5.97 Å². The van der Waals surface area contributed by atoms with E-state index in [4.69, 9.17) is 8.85 Å². The van der Waals surface area contributed by atoms with Gasteiger partial charge in [0.15, 0.2) is 16.6 Å². The molecule has 4 aliphatic rings. The first-order valence-corrected chi connectivity index (χ1v) is 23.4. The summed E-state index contributed by atoms with van der Waals surface area (Å²) in [5, 5.41) is 9.85. The van der Waals surface area contributed by atoms with Gasteiger partial charge in [-0.05, 0) is 140 Å². The van der Waals surface area contributed by atoms with Gasteiger partial charge in [-0.15, -0.1) is 0 Å². The molecule has 4 fully saturated rings. The SMILES string of the molecule is C[C@@H](CCC(=O)O)[C@H]1CC[C@H]2[C@@H]3[C@@H](O[Si](C)(C)C(C)(C)C)C[C@@H]4C[C@H](O[Si](C)(C)C(C)(C)C)CC[C@]4(C)[C@H]3CC[C@]12C. The number of hydrogen-bond donors (Lipinski definition) is 1. The highest BCUT2D eigenvalue weighted by Gasteiger charge is 2.64. The molecule has 42 heavy (non-hydrogen) atoms. The molecule has 4 saturated carbocycles. The lowest BCUT2D eigenvalue weighted by atomic mass is 9.43. The van der Waals surface area contributed by atoms with Crippen LogP contribution in [0.5, 0.6) is 0 Å². The summed E-state index contributed by atoms with van der Waals surface area (Å²) < 4.78 is 14.6. The molecule has 0 aromatic heterocycles. The molecule has 4 rings (SSSR count). The largest absolute Gasteiger partial charge is 0.481 e.